The number of rotatable bonds is 5. The average Bonchev–Trinajstić information content (AvgIpc) is 3.28. The molecule has 0 bridgehead atoms. The zero-order valence-corrected chi connectivity index (χ0v) is 20.8. The van der Waals surface area contributed by atoms with Crippen molar-refractivity contribution in [3.63, 3.8) is 0 Å². The molecular formula is C25H27F3N4O4S. The second-order valence-corrected chi connectivity index (χ2v) is 11.2. The van der Waals surface area contributed by atoms with Gasteiger partial charge in [-0.2, -0.15) is 17.5 Å². The van der Waals surface area contributed by atoms with Crippen LogP contribution in [0.2, 0.25) is 0 Å². The van der Waals surface area contributed by atoms with Gasteiger partial charge in [0.15, 0.2) is 0 Å². The first-order chi connectivity index (χ1) is 17.6. The maximum Gasteiger partial charge on any atom is 0.449 e. The lowest BCUT2D eigenvalue weighted by atomic mass is 9.96. The molecule has 0 radical (unpaired) electrons. The van der Waals surface area contributed by atoms with Crippen LogP contribution in [0.15, 0.2) is 53.4 Å². The van der Waals surface area contributed by atoms with Crippen LogP contribution in [0.1, 0.15) is 29.0 Å². The number of ether oxygens (including phenoxy) is 1. The minimum atomic E-state index is -4.56. The molecule has 8 nitrogen and oxygen atoms in total. The third-order valence-corrected chi connectivity index (χ3v) is 8.87. The molecule has 2 fully saturated rings. The van der Waals surface area contributed by atoms with Crippen molar-refractivity contribution < 1.29 is 31.1 Å². The van der Waals surface area contributed by atoms with Crippen molar-refractivity contribution in [1.29, 1.82) is 0 Å². The van der Waals surface area contributed by atoms with Gasteiger partial charge >= 0.3 is 6.18 Å². The molecule has 1 amide bonds. The van der Waals surface area contributed by atoms with Crippen LogP contribution in [0.25, 0.3) is 11.0 Å². The van der Waals surface area contributed by atoms with Crippen LogP contribution in [-0.4, -0.2) is 72.5 Å². The summed E-state index contributed by atoms with van der Waals surface area (Å²) in [6, 6.07) is 12.5. The van der Waals surface area contributed by atoms with Gasteiger partial charge in [0.25, 0.3) is 5.91 Å². The highest BCUT2D eigenvalue weighted by atomic mass is 32.2. The van der Waals surface area contributed by atoms with E-state index < -0.39 is 22.0 Å². The maximum absolute atomic E-state index is 13.6. The number of para-hydroxylation sites is 2. The first-order valence-corrected chi connectivity index (χ1v) is 13.6. The van der Waals surface area contributed by atoms with E-state index in [1.807, 2.05) is 0 Å². The van der Waals surface area contributed by atoms with Crippen molar-refractivity contribution in [2.45, 2.75) is 30.5 Å². The number of carbonyl (C=O) groups is 1. The molecule has 2 aliphatic heterocycles. The number of halogens is 3. The summed E-state index contributed by atoms with van der Waals surface area (Å²) in [5.41, 5.74) is 1.13. The molecule has 0 atom stereocenters. The lowest BCUT2D eigenvalue weighted by Gasteiger charge is -2.32. The van der Waals surface area contributed by atoms with E-state index in [-0.39, 0.29) is 36.4 Å². The number of sulfonamides is 1. The fourth-order valence-electron chi connectivity index (χ4n) is 4.94. The topological polar surface area (TPSA) is 84.7 Å². The first kappa shape index (κ1) is 25.7. The molecule has 0 aliphatic carbocycles. The van der Waals surface area contributed by atoms with Crippen molar-refractivity contribution in [2.75, 3.05) is 39.4 Å². The van der Waals surface area contributed by atoms with Crippen molar-refractivity contribution in [2.24, 2.45) is 5.92 Å². The van der Waals surface area contributed by atoms with Gasteiger partial charge < -0.3 is 14.2 Å². The van der Waals surface area contributed by atoms with Crippen molar-refractivity contribution in [1.82, 2.24) is 18.8 Å². The Morgan fingerprint density at radius 3 is 2.27 bits per heavy atom. The predicted molar refractivity (Wildman–Crippen MR) is 129 cm³/mol. The first-order valence-electron chi connectivity index (χ1n) is 12.1. The van der Waals surface area contributed by atoms with Gasteiger partial charge in [-0.25, -0.2) is 13.4 Å². The van der Waals surface area contributed by atoms with Gasteiger partial charge in [-0.15, -0.1) is 0 Å². The summed E-state index contributed by atoms with van der Waals surface area (Å²) < 4.78 is 74.3. The Bertz CT molecular complexity index is 1380. The smallest absolute Gasteiger partial charge is 0.379 e. The number of likely N-dealkylation sites (tertiary alicyclic amines) is 1. The fraction of sp³-hybridized carbons (Fsp3) is 0.440. The zero-order valence-electron chi connectivity index (χ0n) is 20.0. The minimum absolute atomic E-state index is 0.0382. The van der Waals surface area contributed by atoms with Gasteiger partial charge in [-0.3, -0.25) is 4.79 Å². The van der Waals surface area contributed by atoms with Crippen LogP contribution in [-0.2, 0) is 27.5 Å². The van der Waals surface area contributed by atoms with Crippen LogP contribution >= 0.6 is 0 Å². The van der Waals surface area contributed by atoms with E-state index in [0.717, 1.165) is 0 Å². The molecule has 3 heterocycles. The molecule has 2 aliphatic rings. The Morgan fingerprint density at radius 2 is 1.62 bits per heavy atom. The Hall–Kier alpha value is -2.96. The predicted octanol–water partition coefficient (Wildman–Crippen LogP) is 3.63. The Morgan fingerprint density at radius 1 is 0.973 bits per heavy atom. The summed E-state index contributed by atoms with van der Waals surface area (Å²) in [6.07, 6.45) is -3.45. The Kier molecular flexibility index (Phi) is 6.99. The Balaban J connectivity index is 1.23. The highest BCUT2D eigenvalue weighted by Gasteiger charge is 2.38. The van der Waals surface area contributed by atoms with Gasteiger partial charge in [-0.05, 0) is 55.2 Å². The van der Waals surface area contributed by atoms with Crippen LogP contribution in [0.3, 0.4) is 0 Å². The largest absolute Gasteiger partial charge is 0.449 e. The number of imidazole rings is 1. The number of benzene rings is 2. The summed E-state index contributed by atoms with van der Waals surface area (Å²) in [7, 11) is -3.65. The van der Waals surface area contributed by atoms with Crippen molar-refractivity contribution in [3.8, 4) is 0 Å². The van der Waals surface area contributed by atoms with Crippen LogP contribution in [0.4, 0.5) is 13.2 Å². The van der Waals surface area contributed by atoms with Gasteiger partial charge in [-0.1, -0.05) is 12.1 Å². The summed E-state index contributed by atoms with van der Waals surface area (Å²) in [6.45, 7) is 2.26. The number of carbonyl (C=O) groups excluding carboxylic acids is 1. The fourth-order valence-corrected chi connectivity index (χ4v) is 6.35. The molecule has 12 heteroatoms. The minimum Gasteiger partial charge on any atom is -0.379 e. The van der Waals surface area contributed by atoms with E-state index in [0.29, 0.717) is 55.7 Å². The highest BCUT2D eigenvalue weighted by Crippen LogP contribution is 2.33. The van der Waals surface area contributed by atoms with Crippen molar-refractivity contribution >= 4 is 27.0 Å². The monoisotopic (exact) mass is 536 g/mol. The van der Waals surface area contributed by atoms with E-state index in [1.54, 1.807) is 29.2 Å². The zero-order chi connectivity index (χ0) is 26.2. The number of aromatic nitrogens is 2. The number of fused-ring (bicyclic) bond motifs is 1. The second-order valence-electron chi connectivity index (χ2n) is 9.31. The number of morpholine rings is 1. The summed E-state index contributed by atoms with van der Waals surface area (Å²) in [4.78, 5) is 18.6. The van der Waals surface area contributed by atoms with Gasteiger partial charge in [0, 0.05) is 38.3 Å². The van der Waals surface area contributed by atoms with Crippen LogP contribution in [0, 0.1) is 5.92 Å². The summed E-state index contributed by atoms with van der Waals surface area (Å²) >= 11 is 0. The van der Waals surface area contributed by atoms with E-state index >= 15 is 0 Å². The number of amides is 1. The summed E-state index contributed by atoms with van der Waals surface area (Å²) in [5, 5.41) is 0. The second kappa shape index (κ2) is 10.1. The molecule has 0 spiro atoms. The quantitative estimate of drug-likeness (QED) is 0.497. The number of nitrogens with zero attached hydrogens (tertiary/aromatic N) is 4. The van der Waals surface area contributed by atoms with Crippen LogP contribution in [0.5, 0.6) is 0 Å². The van der Waals surface area contributed by atoms with E-state index in [9.17, 15) is 26.4 Å². The molecule has 0 N–H and O–H groups in total. The lowest BCUT2D eigenvalue weighted by molar-refractivity contribution is -0.147. The van der Waals surface area contributed by atoms with Gasteiger partial charge in [0.2, 0.25) is 15.8 Å². The van der Waals surface area contributed by atoms with Gasteiger partial charge in [0.1, 0.15) is 0 Å². The molecular weight excluding hydrogens is 509 g/mol. The molecule has 2 saturated heterocycles. The van der Waals surface area contributed by atoms with Crippen LogP contribution < -0.4 is 0 Å². The third kappa shape index (κ3) is 5.23. The number of hydrogen-bond donors (Lipinski definition) is 0. The summed E-state index contributed by atoms with van der Waals surface area (Å²) in [5.74, 6) is -1.17. The average molecular weight is 537 g/mol. The highest BCUT2D eigenvalue weighted by molar-refractivity contribution is 7.89. The third-order valence-electron chi connectivity index (χ3n) is 6.96. The van der Waals surface area contributed by atoms with E-state index in [2.05, 4.69) is 4.98 Å². The number of piperidine rings is 1. The van der Waals surface area contributed by atoms with E-state index in [4.69, 9.17) is 4.74 Å². The number of alkyl halides is 3. The lowest BCUT2D eigenvalue weighted by Crippen LogP contribution is -2.40. The molecule has 2 aromatic carbocycles. The molecule has 5 rings (SSSR count). The molecule has 198 valence electrons. The SMILES string of the molecule is O=C(c1ccc(S(=O)(=O)N2CCOCC2)cc1)N1CCC(Cn2c(C(F)(F)F)nc3ccccc32)CC1. The van der Waals surface area contributed by atoms with Crippen molar-refractivity contribution in [3.05, 3.63) is 59.9 Å². The standard InChI is InChI=1S/C25H27F3N4O4S/c26-25(27,28)24-29-21-3-1-2-4-22(21)32(24)17-18-9-11-30(12-10-18)23(33)19-5-7-20(8-6-19)37(34,35)31-13-15-36-16-14-31/h1-8,18H,9-17H2. The van der Waals surface area contributed by atoms with E-state index in [1.165, 1.54) is 33.1 Å². The molecule has 1 aromatic heterocycles. The molecule has 3 aromatic rings. The number of hydrogen-bond acceptors (Lipinski definition) is 5. The van der Waals surface area contributed by atoms with Gasteiger partial charge in [0.05, 0.1) is 29.1 Å². The molecule has 37 heavy (non-hydrogen) atoms. The molecule has 0 saturated carbocycles. The maximum atomic E-state index is 13.6. The molecule has 0 unspecified atom stereocenters. The normalized spacial score (nSPS) is 18.4. The Labute approximate surface area is 212 Å².